The van der Waals surface area contributed by atoms with Crippen LogP contribution >= 0.6 is 0 Å². The van der Waals surface area contributed by atoms with Crippen molar-refractivity contribution in [3.05, 3.63) is 35.9 Å². The summed E-state index contributed by atoms with van der Waals surface area (Å²) in [5.41, 5.74) is 1.41. The zero-order valence-corrected chi connectivity index (χ0v) is 12.1. The van der Waals surface area contributed by atoms with Crippen LogP contribution in [0.5, 0.6) is 0 Å². The number of benzene rings is 1. The smallest absolute Gasteiger partial charge is 0.228 e. The van der Waals surface area contributed by atoms with Crippen LogP contribution in [0.4, 0.5) is 0 Å². The summed E-state index contributed by atoms with van der Waals surface area (Å²) in [6.45, 7) is 4.42. The molecule has 0 aliphatic carbocycles. The predicted molar refractivity (Wildman–Crippen MR) is 78.5 cm³/mol. The summed E-state index contributed by atoms with van der Waals surface area (Å²) in [6.07, 6.45) is 3.04. The van der Waals surface area contributed by atoms with Crippen molar-refractivity contribution in [1.29, 1.82) is 0 Å². The average Bonchev–Trinajstić information content (AvgIpc) is 3.01. The van der Waals surface area contributed by atoms with Crippen molar-refractivity contribution in [2.45, 2.75) is 38.1 Å². The Balaban J connectivity index is 1.63. The second kappa shape index (κ2) is 5.96. The molecule has 108 valence electrons. The number of nitrogens with zero attached hydrogens (tertiary/aromatic N) is 1. The number of rotatable bonds is 2. The molecule has 0 bridgehead atoms. The Kier molecular flexibility index (Phi) is 4.06. The molecule has 1 aromatic rings. The molecule has 3 heteroatoms. The fourth-order valence-corrected chi connectivity index (χ4v) is 3.49. The monoisotopic (exact) mass is 273 g/mol. The van der Waals surface area contributed by atoms with Gasteiger partial charge in [-0.15, -0.1) is 0 Å². The molecule has 2 fully saturated rings. The average molecular weight is 273 g/mol. The molecule has 0 radical (unpaired) electrons. The molecule has 3 atom stereocenters. The van der Waals surface area contributed by atoms with Gasteiger partial charge < -0.3 is 9.64 Å². The van der Waals surface area contributed by atoms with Crippen molar-refractivity contribution in [1.82, 2.24) is 4.90 Å². The Hall–Kier alpha value is -1.35. The summed E-state index contributed by atoms with van der Waals surface area (Å²) in [6, 6.07) is 11.0. The lowest BCUT2D eigenvalue weighted by Crippen LogP contribution is -2.46. The summed E-state index contributed by atoms with van der Waals surface area (Å²) in [7, 11) is 0. The molecule has 0 aromatic heterocycles. The van der Waals surface area contributed by atoms with Gasteiger partial charge in [-0.3, -0.25) is 4.79 Å². The maximum absolute atomic E-state index is 12.5. The lowest BCUT2D eigenvalue weighted by Gasteiger charge is -2.39. The number of hydrogen-bond acceptors (Lipinski definition) is 2. The Labute approximate surface area is 120 Å². The summed E-state index contributed by atoms with van der Waals surface area (Å²) in [4.78, 5) is 14.6. The van der Waals surface area contributed by atoms with Gasteiger partial charge in [-0.2, -0.15) is 0 Å². The van der Waals surface area contributed by atoms with E-state index in [1.165, 1.54) is 5.56 Å². The second-order valence-electron chi connectivity index (χ2n) is 6.07. The highest BCUT2D eigenvalue weighted by Crippen LogP contribution is 2.32. The van der Waals surface area contributed by atoms with Gasteiger partial charge in [0.25, 0.3) is 0 Å². The molecule has 2 aliphatic rings. The molecule has 0 spiro atoms. The van der Waals surface area contributed by atoms with Gasteiger partial charge in [0.1, 0.15) is 0 Å². The van der Waals surface area contributed by atoms with E-state index in [2.05, 4.69) is 42.2 Å². The van der Waals surface area contributed by atoms with Crippen molar-refractivity contribution < 1.29 is 9.53 Å². The minimum absolute atomic E-state index is 0.103. The zero-order valence-electron chi connectivity index (χ0n) is 12.1. The van der Waals surface area contributed by atoms with Crippen LogP contribution in [0.3, 0.4) is 0 Å². The van der Waals surface area contributed by atoms with Crippen LogP contribution < -0.4 is 0 Å². The van der Waals surface area contributed by atoms with Crippen molar-refractivity contribution >= 4 is 5.91 Å². The molecule has 3 rings (SSSR count). The van der Waals surface area contributed by atoms with Gasteiger partial charge >= 0.3 is 0 Å². The Morgan fingerprint density at radius 2 is 2.05 bits per heavy atom. The van der Waals surface area contributed by atoms with Gasteiger partial charge in [0.15, 0.2) is 0 Å². The first kappa shape index (κ1) is 13.6. The molecule has 0 N–H and O–H groups in total. The predicted octanol–water partition coefficient (Wildman–Crippen LogP) is 2.82. The van der Waals surface area contributed by atoms with Crippen LogP contribution in [0, 0.1) is 5.92 Å². The van der Waals surface area contributed by atoms with Crippen molar-refractivity contribution in [2.24, 2.45) is 5.92 Å². The first-order chi connectivity index (χ1) is 9.75. The maximum Gasteiger partial charge on any atom is 0.228 e. The molecule has 0 saturated carbocycles. The minimum atomic E-state index is 0.103. The highest BCUT2D eigenvalue weighted by Gasteiger charge is 2.34. The normalized spacial score (nSPS) is 30.4. The molecule has 1 amide bonds. The van der Waals surface area contributed by atoms with Crippen LogP contribution in [0.1, 0.15) is 37.7 Å². The van der Waals surface area contributed by atoms with E-state index >= 15 is 0 Å². The molecule has 1 aromatic carbocycles. The van der Waals surface area contributed by atoms with Gasteiger partial charge in [-0.1, -0.05) is 30.3 Å². The van der Waals surface area contributed by atoms with Crippen molar-refractivity contribution in [2.75, 3.05) is 19.8 Å². The largest absolute Gasteiger partial charge is 0.381 e. The van der Waals surface area contributed by atoms with Gasteiger partial charge in [-0.05, 0) is 37.7 Å². The van der Waals surface area contributed by atoms with E-state index in [-0.39, 0.29) is 5.92 Å². The van der Waals surface area contributed by atoms with E-state index in [4.69, 9.17) is 4.74 Å². The fourth-order valence-electron chi connectivity index (χ4n) is 3.49. The summed E-state index contributed by atoms with van der Waals surface area (Å²) in [5.74, 6) is 1.00. The lowest BCUT2D eigenvalue weighted by molar-refractivity contribution is -0.139. The van der Waals surface area contributed by atoms with Gasteiger partial charge in [0, 0.05) is 19.2 Å². The van der Waals surface area contributed by atoms with Gasteiger partial charge in [-0.25, -0.2) is 0 Å². The number of carbonyl (C=O) groups is 1. The number of likely N-dealkylation sites (tertiary alicyclic amines) is 1. The molecule has 20 heavy (non-hydrogen) atoms. The number of carbonyl (C=O) groups excluding carboxylic acids is 1. The number of amides is 1. The molecule has 2 saturated heterocycles. The van der Waals surface area contributed by atoms with Crippen molar-refractivity contribution in [3.8, 4) is 0 Å². The number of ether oxygens (including phenoxy) is 1. The molecule has 0 unspecified atom stereocenters. The Bertz CT molecular complexity index is 453. The second-order valence-corrected chi connectivity index (χ2v) is 6.07. The third kappa shape index (κ3) is 2.73. The molecule has 3 nitrogen and oxygen atoms in total. The number of hydrogen-bond donors (Lipinski definition) is 0. The quantitative estimate of drug-likeness (QED) is 0.829. The van der Waals surface area contributed by atoms with Gasteiger partial charge in [0.2, 0.25) is 5.91 Å². The van der Waals surface area contributed by atoms with Crippen molar-refractivity contribution in [3.63, 3.8) is 0 Å². The number of piperidine rings is 1. The van der Waals surface area contributed by atoms with E-state index in [9.17, 15) is 4.79 Å². The summed E-state index contributed by atoms with van der Waals surface area (Å²) < 4.78 is 5.35. The van der Waals surface area contributed by atoms with Crippen LogP contribution in [0.2, 0.25) is 0 Å². The Morgan fingerprint density at radius 1 is 1.25 bits per heavy atom. The highest BCUT2D eigenvalue weighted by atomic mass is 16.5. The van der Waals surface area contributed by atoms with Gasteiger partial charge in [0.05, 0.1) is 12.5 Å². The highest BCUT2D eigenvalue weighted by molar-refractivity contribution is 5.79. The zero-order chi connectivity index (χ0) is 13.9. The van der Waals surface area contributed by atoms with E-state index in [0.717, 1.165) is 32.4 Å². The SMILES string of the molecule is C[C@@H]1C[C@@H](c2ccccc2)CCN1C(=O)[C@H]1CCOC1. The first-order valence-electron chi connectivity index (χ1n) is 7.69. The van der Waals surface area contributed by atoms with E-state index in [1.54, 1.807) is 0 Å². The molecule has 2 aliphatic heterocycles. The van der Waals surface area contributed by atoms with Crippen LogP contribution in [0.25, 0.3) is 0 Å². The van der Waals surface area contributed by atoms with Crippen LogP contribution in [-0.2, 0) is 9.53 Å². The van der Waals surface area contributed by atoms with E-state index < -0.39 is 0 Å². The third-order valence-corrected chi connectivity index (χ3v) is 4.71. The third-order valence-electron chi connectivity index (χ3n) is 4.71. The summed E-state index contributed by atoms with van der Waals surface area (Å²) >= 11 is 0. The fraction of sp³-hybridized carbons (Fsp3) is 0.588. The van der Waals surface area contributed by atoms with E-state index in [1.807, 2.05) is 0 Å². The molecule has 2 heterocycles. The minimum Gasteiger partial charge on any atom is -0.381 e. The topological polar surface area (TPSA) is 29.5 Å². The maximum atomic E-state index is 12.5. The molecular formula is C17H23NO2. The Morgan fingerprint density at radius 3 is 2.70 bits per heavy atom. The summed E-state index contributed by atoms with van der Waals surface area (Å²) in [5, 5.41) is 0. The lowest BCUT2D eigenvalue weighted by atomic mass is 9.85. The standard InChI is InChI=1S/C17H23NO2/c1-13-11-15(14-5-3-2-4-6-14)7-9-18(13)17(19)16-8-10-20-12-16/h2-6,13,15-16H,7-12H2,1H3/t13-,15+,16+/m1/s1. The van der Waals surface area contributed by atoms with Crippen LogP contribution in [0.15, 0.2) is 30.3 Å². The van der Waals surface area contributed by atoms with Crippen LogP contribution in [-0.4, -0.2) is 36.6 Å². The molecular weight excluding hydrogens is 250 g/mol. The van der Waals surface area contributed by atoms with E-state index in [0.29, 0.717) is 24.5 Å². The first-order valence-corrected chi connectivity index (χ1v) is 7.69.